The van der Waals surface area contributed by atoms with Crippen molar-refractivity contribution in [3.63, 3.8) is 0 Å². The molecule has 5 heteroatoms. The van der Waals surface area contributed by atoms with Gasteiger partial charge in [0.25, 0.3) is 0 Å². The first kappa shape index (κ1) is 34.2. The molecule has 0 unspecified atom stereocenters. The van der Waals surface area contributed by atoms with E-state index in [0.29, 0.717) is 0 Å². The Hall–Kier alpha value is -3.15. The maximum Gasteiger partial charge on any atom is 0.203 e. The maximum absolute atomic E-state index is 2.63. The number of rotatable bonds is 15. The lowest BCUT2D eigenvalue weighted by Crippen LogP contribution is -2.42. The SMILES string of the molecule is CCN(CC)CCN1CCCc2cc(/C(c3ccc(N(CC)CC)cc3)=c3\ccc4c(c3)CCC[N+]=4CCN(CC)CC)ccc21. The summed E-state index contributed by atoms with van der Waals surface area (Å²) < 4.78 is 2.63. The van der Waals surface area contributed by atoms with E-state index in [1.165, 1.54) is 62.6 Å². The van der Waals surface area contributed by atoms with E-state index in [2.05, 4.69) is 126 Å². The van der Waals surface area contributed by atoms with E-state index >= 15 is 0 Å². The highest BCUT2D eigenvalue weighted by molar-refractivity contribution is 5.81. The van der Waals surface area contributed by atoms with E-state index in [-0.39, 0.29) is 0 Å². The average molecular weight is 623 g/mol. The van der Waals surface area contributed by atoms with Crippen LogP contribution in [0, 0.1) is 0 Å². The van der Waals surface area contributed by atoms with Crippen molar-refractivity contribution < 1.29 is 0 Å². The molecule has 0 aromatic heterocycles. The second kappa shape index (κ2) is 16.6. The van der Waals surface area contributed by atoms with Crippen molar-refractivity contribution in [2.24, 2.45) is 0 Å². The van der Waals surface area contributed by atoms with E-state index < -0.39 is 0 Å². The van der Waals surface area contributed by atoms with Crippen LogP contribution in [-0.4, -0.2) is 88.3 Å². The Balaban J connectivity index is 1.58. The van der Waals surface area contributed by atoms with Crippen LogP contribution in [0.4, 0.5) is 11.4 Å². The van der Waals surface area contributed by atoms with E-state index in [1.54, 1.807) is 0 Å². The van der Waals surface area contributed by atoms with Crippen LogP contribution < -0.4 is 25.0 Å². The third kappa shape index (κ3) is 7.86. The van der Waals surface area contributed by atoms with Gasteiger partial charge >= 0.3 is 0 Å². The fraction of sp³-hybridized carbons (Fsp3) is 0.537. The van der Waals surface area contributed by atoms with Crippen molar-refractivity contribution in [3.05, 3.63) is 93.5 Å². The predicted molar refractivity (Wildman–Crippen MR) is 199 cm³/mol. The predicted octanol–water partition coefficient (Wildman–Crippen LogP) is 5.65. The molecule has 248 valence electrons. The molecule has 0 aliphatic carbocycles. The Labute approximate surface area is 279 Å². The van der Waals surface area contributed by atoms with E-state index in [4.69, 9.17) is 0 Å². The van der Waals surface area contributed by atoms with Gasteiger partial charge in [-0.1, -0.05) is 45.9 Å². The van der Waals surface area contributed by atoms with Crippen LogP contribution in [0.15, 0.2) is 60.7 Å². The van der Waals surface area contributed by atoms with Crippen LogP contribution >= 0.6 is 0 Å². The second-order valence-electron chi connectivity index (χ2n) is 13.0. The quantitative estimate of drug-likeness (QED) is 0.204. The van der Waals surface area contributed by atoms with Crippen molar-refractivity contribution in [2.75, 3.05) is 88.3 Å². The van der Waals surface area contributed by atoms with Gasteiger partial charge in [0.2, 0.25) is 5.36 Å². The zero-order valence-electron chi connectivity index (χ0n) is 29.8. The van der Waals surface area contributed by atoms with Gasteiger partial charge in [-0.15, -0.1) is 0 Å². The zero-order chi connectivity index (χ0) is 32.5. The van der Waals surface area contributed by atoms with E-state index in [1.807, 2.05) is 0 Å². The van der Waals surface area contributed by atoms with Gasteiger partial charge in [-0.3, -0.25) is 4.90 Å². The summed E-state index contributed by atoms with van der Waals surface area (Å²) >= 11 is 0. The number of hydrogen-bond donors (Lipinski definition) is 0. The van der Waals surface area contributed by atoms with E-state index in [9.17, 15) is 0 Å². The molecular formula is C41H60N5+. The molecule has 0 fully saturated rings. The molecule has 3 aromatic carbocycles. The zero-order valence-corrected chi connectivity index (χ0v) is 29.8. The molecule has 2 aliphatic heterocycles. The third-order valence-corrected chi connectivity index (χ3v) is 10.6. The Morgan fingerprint density at radius 2 is 1.35 bits per heavy atom. The third-order valence-electron chi connectivity index (χ3n) is 10.6. The first-order valence-corrected chi connectivity index (χ1v) is 18.5. The van der Waals surface area contributed by atoms with Gasteiger partial charge in [-0.25, -0.2) is 4.58 Å². The molecule has 0 atom stereocenters. The summed E-state index contributed by atoms with van der Waals surface area (Å²) in [5, 5.41) is 2.78. The Kier molecular flexibility index (Phi) is 12.3. The molecular weight excluding hydrogens is 562 g/mol. The molecule has 0 saturated heterocycles. The summed E-state index contributed by atoms with van der Waals surface area (Å²) in [6.07, 6.45) is 4.77. The molecule has 5 rings (SSSR count). The standard InChI is InChI=1S/C41H60N5/c1-7-42(8-2)27-29-45-25-13-15-34-31-36(19-23-39(34)45)41(33-17-21-38(22-18-33)44(11-5)12-6)37-20-24-40-35(32-37)16-14-26-46(40)30-28-43(9-3)10-4/h17-24,31-32H,7-16,25-30H2,1-6H3/q+1. The summed E-state index contributed by atoms with van der Waals surface area (Å²) in [5.74, 6) is 0. The molecule has 3 aromatic rings. The number of benzene rings is 3. The number of likely N-dealkylation sites (N-methyl/N-ethyl adjacent to an activating group) is 2. The highest BCUT2D eigenvalue weighted by Crippen LogP contribution is 2.32. The van der Waals surface area contributed by atoms with Gasteiger partial charge in [-0.05, 0) is 123 Å². The van der Waals surface area contributed by atoms with Crippen LogP contribution in [-0.2, 0) is 12.8 Å². The molecule has 0 saturated carbocycles. The number of hydrogen-bond acceptors (Lipinski definition) is 4. The minimum absolute atomic E-state index is 1.03. The first-order chi connectivity index (χ1) is 22.5. The molecule has 2 heterocycles. The lowest BCUT2D eigenvalue weighted by molar-refractivity contribution is 0.291. The van der Waals surface area contributed by atoms with Crippen molar-refractivity contribution in [1.82, 2.24) is 14.4 Å². The number of nitrogens with zero attached hydrogens (tertiary/aromatic N) is 5. The maximum atomic E-state index is 2.63. The van der Waals surface area contributed by atoms with E-state index in [0.717, 1.165) is 91.4 Å². The van der Waals surface area contributed by atoms with Crippen LogP contribution in [0.5, 0.6) is 0 Å². The van der Waals surface area contributed by atoms with Gasteiger partial charge in [0, 0.05) is 62.1 Å². The fourth-order valence-electron chi connectivity index (χ4n) is 7.66. The summed E-state index contributed by atoms with van der Waals surface area (Å²) in [6.45, 7) is 26.9. The number of anilines is 2. The minimum Gasteiger partial charge on any atom is -0.372 e. The molecule has 0 radical (unpaired) electrons. The van der Waals surface area contributed by atoms with Crippen LogP contribution in [0.3, 0.4) is 0 Å². The van der Waals surface area contributed by atoms with Crippen LogP contribution in [0.1, 0.15) is 76.6 Å². The van der Waals surface area contributed by atoms with Gasteiger partial charge in [0.15, 0.2) is 6.54 Å². The average Bonchev–Trinajstić information content (AvgIpc) is 3.10. The molecule has 0 amide bonds. The molecule has 46 heavy (non-hydrogen) atoms. The van der Waals surface area contributed by atoms with Gasteiger partial charge < -0.3 is 14.7 Å². The molecule has 2 aliphatic rings. The Morgan fingerprint density at radius 3 is 2.04 bits per heavy atom. The van der Waals surface area contributed by atoms with Gasteiger partial charge in [0.05, 0.1) is 6.54 Å². The summed E-state index contributed by atoms with van der Waals surface area (Å²) in [5.41, 5.74) is 9.75. The lowest BCUT2D eigenvalue weighted by Gasteiger charge is -2.33. The van der Waals surface area contributed by atoms with Crippen molar-refractivity contribution in [1.29, 1.82) is 0 Å². The smallest absolute Gasteiger partial charge is 0.203 e. The van der Waals surface area contributed by atoms with Crippen molar-refractivity contribution in [3.8, 4) is 0 Å². The number of aryl methyl sites for hydroxylation is 2. The molecule has 5 nitrogen and oxygen atoms in total. The summed E-state index contributed by atoms with van der Waals surface area (Å²) in [6, 6.07) is 24.0. The molecule has 0 spiro atoms. The largest absolute Gasteiger partial charge is 0.372 e. The Morgan fingerprint density at radius 1 is 0.674 bits per heavy atom. The van der Waals surface area contributed by atoms with Crippen LogP contribution in [0.25, 0.3) is 5.57 Å². The van der Waals surface area contributed by atoms with Crippen molar-refractivity contribution in [2.45, 2.75) is 67.2 Å². The summed E-state index contributed by atoms with van der Waals surface area (Å²) in [7, 11) is 0. The minimum atomic E-state index is 1.03. The summed E-state index contributed by atoms with van der Waals surface area (Å²) in [4.78, 5) is 10.1. The lowest BCUT2D eigenvalue weighted by atomic mass is 9.90. The highest BCUT2D eigenvalue weighted by atomic mass is 15.2. The normalized spacial score (nSPS) is 15.3. The number of fused-ring (bicyclic) bond motifs is 2. The molecule has 0 N–H and O–H groups in total. The molecule has 0 bridgehead atoms. The topological polar surface area (TPSA) is 16.0 Å². The fourth-order valence-corrected chi connectivity index (χ4v) is 7.66. The Bertz CT molecular complexity index is 1530. The monoisotopic (exact) mass is 622 g/mol. The highest BCUT2D eigenvalue weighted by Gasteiger charge is 2.21. The first-order valence-electron chi connectivity index (χ1n) is 18.5. The van der Waals surface area contributed by atoms with Gasteiger partial charge in [0.1, 0.15) is 6.54 Å². The van der Waals surface area contributed by atoms with Crippen LogP contribution in [0.2, 0.25) is 0 Å². The second-order valence-corrected chi connectivity index (χ2v) is 13.0. The van der Waals surface area contributed by atoms with Gasteiger partial charge in [-0.2, -0.15) is 0 Å². The van der Waals surface area contributed by atoms with Crippen molar-refractivity contribution >= 4 is 16.9 Å².